The van der Waals surface area contributed by atoms with Gasteiger partial charge < -0.3 is 5.21 Å². The average Bonchev–Trinajstić information content (AvgIpc) is 2.05. The van der Waals surface area contributed by atoms with Crippen LogP contribution in [0.25, 0.3) is 0 Å². The van der Waals surface area contributed by atoms with E-state index in [9.17, 15) is 8.42 Å². The fourth-order valence-electron chi connectivity index (χ4n) is 0.927. The summed E-state index contributed by atoms with van der Waals surface area (Å²) in [5.74, 6) is 0. The van der Waals surface area contributed by atoms with Crippen LogP contribution in [0.4, 0.5) is 0 Å². The molecule has 0 heterocycles. The van der Waals surface area contributed by atoms with Gasteiger partial charge in [0.1, 0.15) is 0 Å². The minimum atomic E-state index is -3.47. The van der Waals surface area contributed by atoms with E-state index in [2.05, 4.69) is 5.16 Å². The van der Waals surface area contributed by atoms with E-state index in [0.717, 1.165) is 6.26 Å². The highest BCUT2D eigenvalue weighted by Gasteiger charge is 2.15. The van der Waals surface area contributed by atoms with Gasteiger partial charge in [0.2, 0.25) is 5.04 Å². The van der Waals surface area contributed by atoms with Crippen LogP contribution >= 0.6 is 0 Å². The predicted molar refractivity (Wildman–Crippen MR) is 49.6 cm³/mol. The van der Waals surface area contributed by atoms with E-state index in [4.69, 9.17) is 5.21 Å². The van der Waals surface area contributed by atoms with Gasteiger partial charge in [-0.15, -0.1) is 0 Å². The molecule has 0 saturated heterocycles. The lowest BCUT2D eigenvalue weighted by Gasteiger charge is -2.00. The number of sulfone groups is 1. The first kappa shape index (κ1) is 9.73. The molecule has 13 heavy (non-hydrogen) atoms. The summed E-state index contributed by atoms with van der Waals surface area (Å²) in [6, 6.07) is 8.23. The molecule has 0 aliphatic carbocycles. The molecular formula is C8H9NO3S. The molecule has 1 rings (SSSR count). The first-order valence-electron chi connectivity index (χ1n) is 3.53. The largest absolute Gasteiger partial charge is 0.410 e. The van der Waals surface area contributed by atoms with Crippen molar-refractivity contribution < 1.29 is 13.6 Å². The zero-order valence-electron chi connectivity index (χ0n) is 7.01. The lowest BCUT2D eigenvalue weighted by molar-refractivity contribution is 0.320. The van der Waals surface area contributed by atoms with E-state index in [-0.39, 0.29) is 5.04 Å². The maximum atomic E-state index is 11.1. The van der Waals surface area contributed by atoms with Crippen LogP contribution in [0.3, 0.4) is 0 Å². The minimum Gasteiger partial charge on any atom is -0.410 e. The molecule has 0 atom stereocenters. The first-order chi connectivity index (χ1) is 6.05. The van der Waals surface area contributed by atoms with Gasteiger partial charge in [-0.25, -0.2) is 8.42 Å². The molecule has 70 valence electrons. The molecule has 0 aromatic heterocycles. The molecule has 0 fully saturated rings. The molecule has 1 aromatic rings. The Morgan fingerprint density at radius 2 is 1.85 bits per heavy atom. The molecule has 1 N–H and O–H groups in total. The maximum absolute atomic E-state index is 11.1. The summed E-state index contributed by atoms with van der Waals surface area (Å²) in [5, 5.41) is 11.0. The predicted octanol–water partition coefficient (Wildman–Crippen LogP) is 0.867. The Hall–Kier alpha value is -1.36. The number of rotatable bonds is 1. The highest BCUT2D eigenvalue weighted by molar-refractivity contribution is 8.06. The van der Waals surface area contributed by atoms with Crippen LogP contribution in [0.2, 0.25) is 0 Å². The highest BCUT2D eigenvalue weighted by Crippen LogP contribution is 2.05. The quantitative estimate of drug-likeness (QED) is 0.316. The van der Waals surface area contributed by atoms with Crippen LogP contribution in [0.1, 0.15) is 5.56 Å². The summed E-state index contributed by atoms with van der Waals surface area (Å²) in [5.41, 5.74) is 0.382. The summed E-state index contributed by atoms with van der Waals surface area (Å²) in [4.78, 5) is 0. The lowest BCUT2D eigenvalue weighted by atomic mass is 10.2. The second kappa shape index (κ2) is 3.57. The number of hydrogen-bond donors (Lipinski definition) is 1. The second-order valence-electron chi connectivity index (χ2n) is 2.54. The second-order valence-corrected chi connectivity index (χ2v) is 4.47. The van der Waals surface area contributed by atoms with Crippen molar-refractivity contribution in [2.24, 2.45) is 5.16 Å². The SMILES string of the molecule is CS(=O)(=O)/C(=N/O)c1ccccc1. The van der Waals surface area contributed by atoms with Crippen molar-refractivity contribution in [3.63, 3.8) is 0 Å². The van der Waals surface area contributed by atoms with Gasteiger partial charge in [0.15, 0.2) is 9.84 Å². The Balaban J connectivity index is 3.23. The van der Waals surface area contributed by atoms with Crippen LogP contribution in [0.5, 0.6) is 0 Å². The number of benzene rings is 1. The third-order valence-corrected chi connectivity index (χ3v) is 2.48. The Kier molecular flexibility index (Phi) is 2.67. The van der Waals surface area contributed by atoms with Crippen molar-refractivity contribution in [3.05, 3.63) is 35.9 Å². The van der Waals surface area contributed by atoms with Crippen LogP contribution in [0.15, 0.2) is 35.5 Å². The molecule has 0 saturated carbocycles. The standard InChI is InChI=1S/C8H9NO3S/c1-13(11,12)8(9-10)7-5-3-2-4-6-7/h2-6,10H,1H3/b9-8+. The number of oxime groups is 1. The summed E-state index contributed by atoms with van der Waals surface area (Å²) in [7, 11) is -3.47. The molecule has 5 heteroatoms. The summed E-state index contributed by atoms with van der Waals surface area (Å²) >= 11 is 0. The van der Waals surface area contributed by atoms with Gasteiger partial charge >= 0.3 is 0 Å². The normalized spacial score (nSPS) is 12.8. The Bertz CT molecular complexity index is 408. The average molecular weight is 199 g/mol. The molecule has 1 aromatic carbocycles. The fraction of sp³-hybridized carbons (Fsp3) is 0.125. The van der Waals surface area contributed by atoms with Gasteiger partial charge in [-0.3, -0.25) is 0 Å². The van der Waals surface area contributed by atoms with E-state index in [1.54, 1.807) is 30.3 Å². The number of hydrogen-bond acceptors (Lipinski definition) is 4. The monoisotopic (exact) mass is 199 g/mol. The van der Waals surface area contributed by atoms with E-state index < -0.39 is 9.84 Å². The van der Waals surface area contributed by atoms with Crippen molar-refractivity contribution in [1.82, 2.24) is 0 Å². The van der Waals surface area contributed by atoms with Gasteiger partial charge in [0.25, 0.3) is 0 Å². The van der Waals surface area contributed by atoms with Gasteiger partial charge in [0, 0.05) is 11.8 Å². The molecule has 0 bridgehead atoms. The molecule has 0 spiro atoms. The Morgan fingerprint density at radius 1 is 1.31 bits per heavy atom. The molecule has 0 amide bonds. The Morgan fingerprint density at radius 3 is 2.23 bits per heavy atom. The molecule has 0 aliphatic heterocycles. The molecule has 4 nitrogen and oxygen atoms in total. The summed E-state index contributed by atoms with van der Waals surface area (Å²) in [6.07, 6.45) is 0.995. The first-order valence-corrected chi connectivity index (χ1v) is 5.42. The van der Waals surface area contributed by atoms with Gasteiger partial charge in [-0.05, 0) is 0 Å². The van der Waals surface area contributed by atoms with E-state index >= 15 is 0 Å². The van der Waals surface area contributed by atoms with Crippen LogP contribution in [-0.2, 0) is 9.84 Å². The zero-order chi connectivity index (χ0) is 9.90. The molecular weight excluding hydrogens is 190 g/mol. The molecule has 0 unspecified atom stereocenters. The third kappa shape index (κ3) is 2.29. The van der Waals surface area contributed by atoms with E-state index in [1.165, 1.54) is 0 Å². The third-order valence-electron chi connectivity index (χ3n) is 1.46. The molecule has 0 radical (unpaired) electrons. The number of nitrogens with zero attached hydrogens (tertiary/aromatic N) is 1. The Labute approximate surface area is 76.4 Å². The van der Waals surface area contributed by atoms with Crippen LogP contribution < -0.4 is 0 Å². The highest BCUT2D eigenvalue weighted by atomic mass is 32.2. The van der Waals surface area contributed by atoms with Crippen LogP contribution in [0, 0.1) is 0 Å². The van der Waals surface area contributed by atoms with Crippen molar-refractivity contribution in [2.45, 2.75) is 0 Å². The maximum Gasteiger partial charge on any atom is 0.201 e. The van der Waals surface area contributed by atoms with Gasteiger partial charge in [-0.1, -0.05) is 35.5 Å². The van der Waals surface area contributed by atoms with Crippen molar-refractivity contribution in [1.29, 1.82) is 0 Å². The van der Waals surface area contributed by atoms with Crippen molar-refractivity contribution >= 4 is 14.9 Å². The minimum absolute atomic E-state index is 0.312. The van der Waals surface area contributed by atoms with Crippen molar-refractivity contribution in [2.75, 3.05) is 6.26 Å². The van der Waals surface area contributed by atoms with Crippen molar-refractivity contribution in [3.8, 4) is 0 Å². The summed E-state index contributed by atoms with van der Waals surface area (Å²) in [6.45, 7) is 0. The fourth-order valence-corrected chi connectivity index (χ4v) is 1.64. The van der Waals surface area contributed by atoms with E-state index in [1.807, 2.05) is 0 Å². The summed E-state index contributed by atoms with van der Waals surface area (Å²) < 4.78 is 22.1. The lowest BCUT2D eigenvalue weighted by Crippen LogP contribution is -2.14. The topological polar surface area (TPSA) is 66.7 Å². The smallest absolute Gasteiger partial charge is 0.201 e. The van der Waals surface area contributed by atoms with E-state index in [0.29, 0.717) is 5.56 Å². The molecule has 0 aliphatic rings. The zero-order valence-corrected chi connectivity index (χ0v) is 7.82. The van der Waals surface area contributed by atoms with Gasteiger partial charge in [-0.2, -0.15) is 0 Å². The van der Waals surface area contributed by atoms with Crippen LogP contribution in [-0.4, -0.2) is 24.9 Å². The van der Waals surface area contributed by atoms with Gasteiger partial charge in [0.05, 0.1) is 0 Å².